The second-order valence-corrected chi connectivity index (χ2v) is 3.65. The van der Waals surface area contributed by atoms with Crippen LogP contribution in [0.2, 0.25) is 0 Å². The summed E-state index contributed by atoms with van der Waals surface area (Å²) in [5.41, 5.74) is 0.855. The van der Waals surface area contributed by atoms with Crippen molar-refractivity contribution in [2.45, 2.75) is 12.8 Å². The van der Waals surface area contributed by atoms with Crippen LogP contribution in [0.25, 0.3) is 6.08 Å². The van der Waals surface area contributed by atoms with Crippen LogP contribution >= 0.6 is 0 Å². The zero-order chi connectivity index (χ0) is 12.5. The van der Waals surface area contributed by atoms with Gasteiger partial charge in [-0.25, -0.2) is 0 Å². The highest BCUT2D eigenvalue weighted by Gasteiger charge is 1.94. The third kappa shape index (κ3) is 5.73. The Morgan fingerprint density at radius 3 is 2.59 bits per heavy atom. The van der Waals surface area contributed by atoms with E-state index >= 15 is 0 Å². The summed E-state index contributed by atoms with van der Waals surface area (Å²) in [5, 5.41) is 20.3. The molecule has 0 atom stereocenters. The quantitative estimate of drug-likeness (QED) is 0.514. The van der Waals surface area contributed by atoms with Crippen LogP contribution < -0.4 is 5.32 Å². The number of aliphatic hydroxyl groups excluding tert-OH is 1. The molecule has 0 radical (unpaired) electrons. The lowest BCUT2D eigenvalue weighted by Gasteiger charge is -2.00. The number of hydrogen-bond donors (Lipinski definition) is 3. The van der Waals surface area contributed by atoms with Crippen molar-refractivity contribution in [2.75, 3.05) is 13.2 Å². The predicted octanol–water partition coefficient (Wildman–Crippen LogP) is 1.29. The first-order valence-electron chi connectivity index (χ1n) is 5.58. The topological polar surface area (TPSA) is 69.6 Å². The van der Waals surface area contributed by atoms with Crippen LogP contribution in [0.15, 0.2) is 30.3 Å². The molecule has 0 saturated heterocycles. The van der Waals surface area contributed by atoms with E-state index in [0.717, 1.165) is 12.0 Å². The van der Waals surface area contributed by atoms with Gasteiger partial charge in [0.15, 0.2) is 0 Å². The van der Waals surface area contributed by atoms with Gasteiger partial charge in [-0.2, -0.15) is 0 Å². The number of phenolic OH excluding ortho intramolecular Hbond substituents is 1. The maximum Gasteiger partial charge on any atom is 0.243 e. The van der Waals surface area contributed by atoms with Crippen LogP contribution in [0.3, 0.4) is 0 Å². The normalized spacial score (nSPS) is 10.6. The number of rotatable bonds is 6. The number of carbonyl (C=O) groups is 1. The number of aliphatic hydroxyl groups is 1. The molecule has 3 N–H and O–H groups in total. The van der Waals surface area contributed by atoms with Crippen molar-refractivity contribution >= 4 is 12.0 Å². The molecule has 1 amide bonds. The third-order valence-electron chi connectivity index (χ3n) is 2.20. The number of carbonyl (C=O) groups excluding carboxylic acids is 1. The van der Waals surface area contributed by atoms with Gasteiger partial charge in [-0.05, 0) is 36.6 Å². The maximum absolute atomic E-state index is 11.3. The SMILES string of the molecule is O=C(/C=C/c1ccc(O)cc1)NCCCCO. The van der Waals surface area contributed by atoms with E-state index in [0.29, 0.717) is 13.0 Å². The lowest BCUT2D eigenvalue weighted by molar-refractivity contribution is -0.116. The Labute approximate surface area is 101 Å². The summed E-state index contributed by atoms with van der Waals surface area (Å²) >= 11 is 0. The summed E-state index contributed by atoms with van der Waals surface area (Å²) in [6, 6.07) is 6.59. The molecule has 1 aromatic rings. The molecule has 1 rings (SSSR count). The van der Waals surface area contributed by atoms with Crippen molar-refractivity contribution in [1.82, 2.24) is 5.32 Å². The van der Waals surface area contributed by atoms with Crippen molar-refractivity contribution in [3.8, 4) is 5.75 Å². The molecule has 0 aromatic heterocycles. The van der Waals surface area contributed by atoms with E-state index in [9.17, 15) is 4.79 Å². The fraction of sp³-hybridized carbons (Fsp3) is 0.308. The molecule has 0 aliphatic carbocycles. The number of hydrogen-bond acceptors (Lipinski definition) is 3. The third-order valence-corrected chi connectivity index (χ3v) is 2.20. The van der Waals surface area contributed by atoms with E-state index in [2.05, 4.69) is 5.32 Å². The molecule has 0 saturated carbocycles. The number of unbranched alkanes of at least 4 members (excludes halogenated alkanes) is 1. The zero-order valence-electron chi connectivity index (χ0n) is 9.60. The molecule has 1 aromatic carbocycles. The molecule has 0 bridgehead atoms. The molecule has 0 fully saturated rings. The Morgan fingerprint density at radius 2 is 1.94 bits per heavy atom. The summed E-state index contributed by atoms with van der Waals surface area (Å²) in [6.07, 6.45) is 4.60. The predicted molar refractivity (Wildman–Crippen MR) is 66.5 cm³/mol. The number of nitrogens with one attached hydrogen (secondary N) is 1. The average Bonchev–Trinajstić information content (AvgIpc) is 2.34. The molecular formula is C13H17NO3. The lowest BCUT2D eigenvalue weighted by atomic mass is 10.2. The fourth-order valence-electron chi connectivity index (χ4n) is 1.26. The first-order chi connectivity index (χ1) is 8.22. The molecule has 0 aliphatic rings. The second kappa shape index (κ2) is 7.46. The van der Waals surface area contributed by atoms with E-state index in [4.69, 9.17) is 10.2 Å². The Morgan fingerprint density at radius 1 is 1.24 bits per heavy atom. The standard InChI is InChI=1S/C13H17NO3/c15-10-2-1-9-14-13(17)8-5-11-3-6-12(16)7-4-11/h3-8,15-16H,1-2,9-10H2,(H,14,17)/b8-5+. The highest BCUT2D eigenvalue weighted by Crippen LogP contribution is 2.10. The Kier molecular flexibility index (Phi) is 5.82. The number of amides is 1. The zero-order valence-corrected chi connectivity index (χ0v) is 9.60. The molecule has 0 spiro atoms. The van der Waals surface area contributed by atoms with Gasteiger partial charge < -0.3 is 15.5 Å². The van der Waals surface area contributed by atoms with Gasteiger partial charge in [-0.1, -0.05) is 12.1 Å². The van der Waals surface area contributed by atoms with Crippen molar-refractivity contribution in [2.24, 2.45) is 0 Å². The molecule has 17 heavy (non-hydrogen) atoms. The lowest BCUT2D eigenvalue weighted by Crippen LogP contribution is -2.22. The van der Waals surface area contributed by atoms with Gasteiger partial charge in [0.2, 0.25) is 5.91 Å². The minimum atomic E-state index is -0.156. The molecule has 4 nitrogen and oxygen atoms in total. The molecule has 4 heteroatoms. The summed E-state index contributed by atoms with van der Waals surface area (Å²) in [4.78, 5) is 11.3. The highest BCUT2D eigenvalue weighted by atomic mass is 16.3. The first-order valence-corrected chi connectivity index (χ1v) is 5.58. The van der Waals surface area contributed by atoms with Crippen molar-refractivity contribution in [3.63, 3.8) is 0 Å². The number of aromatic hydroxyl groups is 1. The van der Waals surface area contributed by atoms with Gasteiger partial charge >= 0.3 is 0 Å². The highest BCUT2D eigenvalue weighted by molar-refractivity contribution is 5.91. The maximum atomic E-state index is 11.3. The van der Waals surface area contributed by atoms with Gasteiger partial charge in [-0.15, -0.1) is 0 Å². The monoisotopic (exact) mass is 235 g/mol. The minimum Gasteiger partial charge on any atom is -0.508 e. The van der Waals surface area contributed by atoms with E-state index in [1.54, 1.807) is 30.3 Å². The second-order valence-electron chi connectivity index (χ2n) is 3.65. The summed E-state index contributed by atoms with van der Waals surface area (Å²) < 4.78 is 0. The van der Waals surface area contributed by atoms with Crippen molar-refractivity contribution in [3.05, 3.63) is 35.9 Å². The van der Waals surface area contributed by atoms with Gasteiger partial charge in [0.25, 0.3) is 0 Å². The Hall–Kier alpha value is -1.81. The number of phenols is 1. The van der Waals surface area contributed by atoms with E-state index < -0.39 is 0 Å². The van der Waals surface area contributed by atoms with Gasteiger partial charge in [-0.3, -0.25) is 4.79 Å². The van der Waals surface area contributed by atoms with Crippen LogP contribution in [0.5, 0.6) is 5.75 Å². The smallest absolute Gasteiger partial charge is 0.243 e. The fourth-order valence-corrected chi connectivity index (χ4v) is 1.26. The Bertz CT molecular complexity index is 371. The molecule has 0 unspecified atom stereocenters. The largest absolute Gasteiger partial charge is 0.508 e. The molecular weight excluding hydrogens is 218 g/mol. The van der Waals surface area contributed by atoms with Crippen LogP contribution in [-0.2, 0) is 4.79 Å². The van der Waals surface area contributed by atoms with Crippen molar-refractivity contribution < 1.29 is 15.0 Å². The summed E-state index contributed by atoms with van der Waals surface area (Å²) in [6.45, 7) is 0.721. The summed E-state index contributed by atoms with van der Waals surface area (Å²) in [5.74, 6) is 0.0478. The van der Waals surface area contributed by atoms with Crippen LogP contribution in [0, 0.1) is 0 Å². The van der Waals surface area contributed by atoms with E-state index in [1.165, 1.54) is 6.08 Å². The van der Waals surface area contributed by atoms with Gasteiger partial charge in [0.05, 0.1) is 0 Å². The Balaban J connectivity index is 2.32. The minimum absolute atomic E-state index is 0.152. The van der Waals surface area contributed by atoms with Gasteiger partial charge in [0, 0.05) is 19.2 Å². The van der Waals surface area contributed by atoms with Crippen LogP contribution in [-0.4, -0.2) is 29.3 Å². The van der Waals surface area contributed by atoms with E-state index in [-0.39, 0.29) is 18.3 Å². The van der Waals surface area contributed by atoms with Crippen LogP contribution in [0.1, 0.15) is 18.4 Å². The average molecular weight is 235 g/mol. The molecule has 0 aliphatic heterocycles. The molecule has 0 heterocycles. The van der Waals surface area contributed by atoms with Gasteiger partial charge in [0.1, 0.15) is 5.75 Å². The molecule has 92 valence electrons. The first kappa shape index (κ1) is 13.3. The number of benzene rings is 1. The summed E-state index contributed by atoms with van der Waals surface area (Å²) in [7, 11) is 0. The van der Waals surface area contributed by atoms with Crippen LogP contribution in [0.4, 0.5) is 0 Å². The van der Waals surface area contributed by atoms with Crippen molar-refractivity contribution in [1.29, 1.82) is 0 Å². The van der Waals surface area contributed by atoms with E-state index in [1.807, 2.05) is 0 Å².